The van der Waals surface area contributed by atoms with Gasteiger partial charge in [-0.25, -0.2) is 14.0 Å². The number of rotatable bonds is 3. The zero-order chi connectivity index (χ0) is 14.8. The van der Waals surface area contributed by atoms with Crippen molar-refractivity contribution in [1.82, 2.24) is 5.32 Å². The molecule has 0 bridgehead atoms. The van der Waals surface area contributed by atoms with Crippen LogP contribution in [0.5, 0.6) is 0 Å². The van der Waals surface area contributed by atoms with E-state index in [1.807, 2.05) is 6.92 Å². The van der Waals surface area contributed by atoms with Crippen molar-refractivity contribution < 1.29 is 23.8 Å². The molecule has 0 aliphatic carbocycles. The van der Waals surface area contributed by atoms with Crippen LogP contribution in [0, 0.1) is 5.82 Å². The van der Waals surface area contributed by atoms with Gasteiger partial charge in [-0.1, -0.05) is 6.07 Å². The van der Waals surface area contributed by atoms with Gasteiger partial charge in [-0.05, 0) is 25.5 Å². The van der Waals surface area contributed by atoms with Gasteiger partial charge in [0.2, 0.25) is 0 Å². The summed E-state index contributed by atoms with van der Waals surface area (Å²) in [5, 5.41) is 14.0. The average Bonchev–Trinajstić information content (AvgIpc) is 2.74. The Kier molecular flexibility index (Phi) is 3.89. The second-order valence-electron chi connectivity index (χ2n) is 4.91. The lowest BCUT2D eigenvalue weighted by Gasteiger charge is -2.23. The molecule has 7 heteroatoms. The second-order valence-corrected chi connectivity index (χ2v) is 4.91. The van der Waals surface area contributed by atoms with E-state index in [9.17, 15) is 14.0 Å². The first-order valence-corrected chi connectivity index (χ1v) is 6.10. The van der Waals surface area contributed by atoms with Crippen LogP contribution in [0.1, 0.15) is 23.7 Å². The fourth-order valence-electron chi connectivity index (χ4n) is 2.04. The number of anilines is 1. The number of halogens is 1. The largest absolute Gasteiger partial charge is 0.478 e. The van der Waals surface area contributed by atoms with Crippen molar-refractivity contribution in [2.75, 3.05) is 18.5 Å². The molecule has 1 unspecified atom stereocenters. The lowest BCUT2D eigenvalue weighted by atomic mass is 10.0. The zero-order valence-electron chi connectivity index (χ0n) is 10.9. The summed E-state index contributed by atoms with van der Waals surface area (Å²) >= 11 is 0. The Bertz CT molecular complexity index is 541. The number of ether oxygens (including phenoxy) is 1. The standard InChI is InChI=1S/C13H15FN2O4/c1-13(5-6-20-7-13)16-12(19)15-9-4-2-3-8(14)10(9)11(17)18/h2-4H,5-7H2,1H3,(H,17,18)(H2,15,16,19). The van der Waals surface area contributed by atoms with Gasteiger partial charge in [0.25, 0.3) is 0 Å². The third-order valence-electron chi connectivity index (χ3n) is 3.11. The van der Waals surface area contributed by atoms with Gasteiger partial charge in [0.15, 0.2) is 0 Å². The lowest BCUT2D eigenvalue weighted by Crippen LogP contribution is -2.48. The summed E-state index contributed by atoms with van der Waals surface area (Å²) < 4.78 is 18.7. The van der Waals surface area contributed by atoms with Gasteiger partial charge < -0.3 is 20.5 Å². The van der Waals surface area contributed by atoms with E-state index in [0.29, 0.717) is 19.6 Å². The number of carbonyl (C=O) groups is 2. The van der Waals surface area contributed by atoms with Crippen molar-refractivity contribution in [2.45, 2.75) is 18.9 Å². The molecule has 0 radical (unpaired) electrons. The topological polar surface area (TPSA) is 87.7 Å². The van der Waals surface area contributed by atoms with Crippen LogP contribution >= 0.6 is 0 Å². The Morgan fingerprint density at radius 2 is 2.20 bits per heavy atom. The first-order chi connectivity index (χ1) is 9.41. The monoisotopic (exact) mass is 282 g/mol. The Morgan fingerprint density at radius 3 is 2.80 bits per heavy atom. The highest BCUT2D eigenvalue weighted by Crippen LogP contribution is 2.20. The van der Waals surface area contributed by atoms with Gasteiger partial charge in [-0.3, -0.25) is 0 Å². The highest BCUT2D eigenvalue weighted by molar-refractivity contribution is 6.00. The summed E-state index contributed by atoms with van der Waals surface area (Å²) in [4.78, 5) is 22.9. The quantitative estimate of drug-likeness (QED) is 0.789. The van der Waals surface area contributed by atoms with E-state index in [-0.39, 0.29) is 5.69 Å². The van der Waals surface area contributed by atoms with Crippen LogP contribution < -0.4 is 10.6 Å². The molecule has 2 rings (SSSR count). The molecule has 1 aromatic rings. The van der Waals surface area contributed by atoms with E-state index in [1.54, 1.807) is 0 Å². The van der Waals surface area contributed by atoms with Crippen LogP contribution in [0.4, 0.5) is 14.9 Å². The van der Waals surface area contributed by atoms with Crippen molar-refractivity contribution in [3.8, 4) is 0 Å². The maximum absolute atomic E-state index is 13.5. The maximum Gasteiger partial charge on any atom is 0.340 e. The van der Waals surface area contributed by atoms with E-state index < -0.39 is 28.9 Å². The van der Waals surface area contributed by atoms with Gasteiger partial charge in [0.1, 0.15) is 11.4 Å². The number of benzene rings is 1. The molecule has 1 saturated heterocycles. The molecule has 1 aliphatic heterocycles. The Labute approximate surface area is 114 Å². The fraction of sp³-hybridized carbons (Fsp3) is 0.385. The first kappa shape index (κ1) is 14.3. The number of hydrogen-bond acceptors (Lipinski definition) is 3. The van der Waals surface area contributed by atoms with Crippen LogP contribution in [0.3, 0.4) is 0 Å². The summed E-state index contributed by atoms with van der Waals surface area (Å²) in [5.41, 5.74) is -1.14. The number of carbonyl (C=O) groups excluding carboxylic acids is 1. The van der Waals surface area contributed by atoms with Crippen molar-refractivity contribution in [2.24, 2.45) is 0 Å². The van der Waals surface area contributed by atoms with E-state index in [4.69, 9.17) is 9.84 Å². The predicted molar refractivity (Wildman–Crippen MR) is 69.4 cm³/mol. The van der Waals surface area contributed by atoms with Crippen LogP contribution in [0.2, 0.25) is 0 Å². The first-order valence-electron chi connectivity index (χ1n) is 6.10. The maximum atomic E-state index is 13.5. The molecule has 20 heavy (non-hydrogen) atoms. The van der Waals surface area contributed by atoms with Crippen LogP contribution in [0.25, 0.3) is 0 Å². The molecule has 1 aromatic carbocycles. The molecule has 108 valence electrons. The molecule has 1 atom stereocenters. The second kappa shape index (κ2) is 5.46. The highest BCUT2D eigenvalue weighted by Gasteiger charge is 2.31. The zero-order valence-corrected chi connectivity index (χ0v) is 10.9. The number of aromatic carboxylic acids is 1. The SMILES string of the molecule is CC1(NC(=O)Nc2cccc(F)c2C(=O)O)CCOC1. The van der Waals surface area contributed by atoms with E-state index >= 15 is 0 Å². The van der Waals surface area contributed by atoms with Crippen LogP contribution in [0.15, 0.2) is 18.2 Å². The van der Waals surface area contributed by atoms with E-state index in [1.165, 1.54) is 12.1 Å². The molecule has 3 N–H and O–H groups in total. The summed E-state index contributed by atoms with van der Waals surface area (Å²) in [5.74, 6) is -2.33. The van der Waals surface area contributed by atoms with E-state index in [0.717, 1.165) is 6.07 Å². The molecule has 6 nitrogen and oxygen atoms in total. The van der Waals surface area contributed by atoms with Gasteiger partial charge in [-0.15, -0.1) is 0 Å². The Morgan fingerprint density at radius 1 is 1.45 bits per heavy atom. The smallest absolute Gasteiger partial charge is 0.340 e. The van der Waals surface area contributed by atoms with Crippen molar-refractivity contribution in [3.05, 3.63) is 29.6 Å². The highest BCUT2D eigenvalue weighted by atomic mass is 19.1. The number of nitrogens with one attached hydrogen (secondary N) is 2. The molecule has 1 fully saturated rings. The molecule has 1 heterocycles. The lowest BCUT2D eigenvalue weighted by molar-refractivity contribution is 0.0693. The molecular formula is C13H15FN2O4. The summed E-state index contributed by atoms with van der Waals surface area (Å²) in [6.07, 6.45) is 0.662. The van der Waals surface area contributed by atoms with Crippen molar-refractivity contribution in [3.63, 3.8) is 0 Å². The molecule has 0 spiro atoms. The van der Waals surface area contributed by atoms with Gasteiger partial charge in [0.05, 0.1) is 17.8 Å². The minimum absolute atomic E-state index is 0.0856. The number of hydrogen-bond donors (Lipinski definition) is 3. The minimum atomic E-state index is -1.44. The minimum Gasteiger partial charge on any atom is -0.478 e. The predicted octanol–water partition coefficient (Wildman–Crippen LogP) is 1.82. The summed E-state index contributed by atoms with van der Waals surface area (Å²) in [7, 11) is 0. The average molecular weight is 282 g/mol. The normalized spacial score (nSPS) is 21.5. The molecule has 0 saturated carbocycles. The molecular weight excluding hydrogens is 267 g/mol. The molecule has 0 aromatic heterocycles. The molecule has 2 amide bonds. The number of carboxylic acid groups (broad SMARTS) is 1. The van der Waals surface area contributed by atoms with Crippen LogP contribution in [-0.4, -0.2) is 35.9 Å². The third-order valence-corrected chi connectivity index (χ3v) is 3.11. The summed E-state index contributed by atoms with van der Waals surface area (Å²) in [6.45, 7) is 2.76. The summed E-state index contributed by atoms with van der Waals surface area (Å²) in [6, 6.07) is 3.10. The van der Waals surface area contributed by atoms with Gasteiger partial charge >= 0.3 is 12.0 Å². The van der Waals surface area contributed by atoms with E-state index in [2.05, 4.69) is 10.6 Å². The Hall–Kier alpha value is -2.15. The fourth-order valence-corrected chi connectivity index (χ4v) is 2.04. The van der Waals surface area contributed by atoms with Crippen molar-refractivity contribution >= 4 is 17.7 Å². The number of carboxylic acids is 1. The molecule has 1 aliphatic rings. The van der Waals surface area contributed by atoms with Crippen LogP contribution in [-0.2, 0) is 4.74 Å². The number of amides is 2. The Balaban J connectivity index is 2.12. The van der Waals surface area contributed by atoms with Gasteiger partial charge in [0, 0.05) is 6.61 Å². The number of urea groups is 1. The van der Waals surface area contributed by atoms with Gasteiger partial charge in [-0.2, -0.15) is 0 Å². The van der Waals surface area contributed by atoms with Crippen molar-refractivity contribution in [1.29, 1.82) is 0 Å². The third kappa shape index (κ3) is 3.05.